The fourth-order valence-electron chi connectivity index (χ4n) is 3.78. The lowest BCUT2D eigenvalue weighted by atomic mass is 10.1. The molecule has 146 valence electrons. The summed E-state index contributed by atoms with van der Waals surface area (Å²) >= 11 is 1.68. The van der Waals surface area contributed by atoms with Gasteiger partial charge in [0.05, 0.1) is 11.6 Å². The van der Waals surface area contributed by atoms with Gasteiger partial charge in [-0.1, -0.05) is 11.3 Å². The van der Waals surface area contributed by atoms with Gasteiger partial charge < -0.3 is 4.90 Å². The number of fused-ring (bicyclic) bond motifs is 1. The maximum Gasteiger partial charge on any atom is 0.254 e. The fourth-order valence-corrected chi connectivity index (χ4v) is 4.45. The molecule has 8 heteroatoms. The summed E-state index contributed by atoms with van der Waals surface area (Å²) in [6.45, 7) is 2.06. The Hall–Kier alpha value is -3.10. The van der Waals surface area contributed by atoms with Gasteiger partial charge in [-0.3, -0.25) is 14.7 Å². The number of nitrogens with zero attached hydrogens (tertiary/aromatic N) is 6. The van der Waals surface area contributed by atoms with Crippen LogP contribution in [0.3, 0.4) is 0 Å². The highest BCUT2D eigenvalue weighted by Crippen LogP contribution is 2.28. The highest BCUT2D eigenvalue weighted by molar-refractivity contribution is 7.08. The van der Waals surface area contributed by atoms with Gasteiger partial charge in [-0.25, -0.2) is 4.52 Å². The van der Waals surface area contributed by atoms with Crippen LogP contribution in [0.1, 0.15) is 22.1 Å². The molecule has 29 heavy (non-hydrogen) atoms. The van der Waals surface area contributed by atoms with Crippen molar-refractivity contribution < 1.29 is 4.79 Å². The predicted octanol–water partition coefficient (Wildman–Crippen LogP) is 2.98. The Kier molecular flexibility index (Phi) is 4.57. The van der Waals surface area contributed by atoms with Crippen molar-refractivity contribution in [1.82, 2.24) is 29.6 Å². The van der Waals surface area contributed by atoms with Gasteiger partial charge in [0.2, 0.25) is 0 Å². The lowest BCUT2D eigenvalue weighted by Crippen LogP contribution is -2.49. The smallest absolute Gasteiger partial charge is 0.254 e. The van der Waals surface area contributed by atoms with Crippen molar-refractivity contribution in [3.05, 3.63) is 70.9 Å². The molecular formula is C21H20N6OS. The van der Waals surface area contributed by atoms with E-state index in [0.29, 0.717) is 18.7 Å². The van der Waals surface area contributed by atoms with Crippen LogP contribution in [0.25, 0.3) is 16.6 Å². The Morgan fingerprint density at radius 2 is 1.97 bits per heavy atom. The van der Waals surface area contributed by atoms with Crippen molar-refractivity contribution in [2.75, 3.05) is 26.7 Å². The molecule has 0 radical (unpaired) electrons. The minimum Gasteiger partial charge on any atom is -0.335 e. The molecule has 1 saturated heterocycles. The zero-order valence-electron chi connectivity index (χ0n) is 16.0. The summed E-state index contributed by atoms with van der Waals surface area (Å²) in [6.07, 6.45) is 5.31. The fraction of sp³-hybridized carbons (Fsp3) is 0.238. The van der Waals surface area contributed by atoms with Gasteiger partial charge in [0, 0.05) is 49.4 Å². The first-order valence-corrected chi connectivity index (χ1v) is 10.4. The number of likely N-dealkylation sites (N-methyl/N-ethyl adjacent to an activating group) is 1. The van der Waals surface area contributed by atoms with Crippen LogP contribution in [0.4, 0.5) is 0 Å². The first-order valence-electron chi connectivity index (χ1n) is 9.48. The van der Waals surface area contributed by atoms with Crippen molar-refractivity contribution in [2.45, 2.75) is 6.04 Å². The second-order valence-corrected chi connectivity index (χ2v) is 8.00. The Labute approximate surface area is 172 Å². The number of hydrogen-bond donors (Lipinski definition) is 0. The summed E-state index contributed by atoms with van der Waals surface area (Å²) in [7, 11) is 2.07. The SMILES string of the molecule is CN1CCN(C(=O)c2ccncc2)C[C@H]1c1nnn2cc(-c3ccsc3)ccc12. The van der Waals surface area contributed by atoms with Gasteiger partial charge in [-0.15, -0.1) is 5.10 Å². The van der Waals surface area contributed by atoms with Crippen LogP contribution in [0.2, 0.25) is 0 Å². The van der Waals surface area contributed by atoms with Crippen molar-refractivity contribution in [3.63, 3.8) is 0 Å². The Bertz CT molecular complexity index is 1140. The van der Waals surface area contributed by atoms with Crippen LogP contribution in [0.15, 0.2) is 59.7 Å². The Morgan fingerprint density at radius 3 is 2.76 bits per heavy atom. The van der Waals surface area contributed by atoms with E-state index >= 15 is 0 Å². The molecule has 0 unspecified atom stereocenters. The number of thiophene rings is 1. The van der Waals surface area contributed by atoms with E-state index in [4.69, 9.17) is 0 Å². The molecule has 4 aromatic rings. The third-order valence-corrected chi connectivity index (χ3v) is 6.16. The van der Waals surface area contributed by atoms with Crippen LogP contribution in [0, 0.1) is 0 Å². The first-order chi connectivity index (χ1) is 14.2. The minimum absolute atomic E-state index is 0.000894. The molecule has 1 aliphatic rings. The zero-order chi connectivity index (χ0) is 19.8. The van der Waals surface area contributed by atoms with Gasteiger partial charge in [0.25, 0.3) is 5.91 Å². The monoisotopic (exact) mass is 404 g/mol. The van der Waals surface area contributed by atoms with E-state index in [-0.39, 0.29) is 11.9 Å². The quantitative estimate of drug-likeness (QED) is 0.525. The molecule has 1 fully saturated rings. The average molecular weight is 404 g/mol. The molecule has 0 aromatic carbocycles. The van der Waals surface area contributed by atoms with E-state index in [9.17, 15) is 4.79 Å². The molecule has 1 amide bonds. The van der Waals surface area contributed by atoms with Crippen LogP contribution in [0.5, 0.6) is 0 Å². The van der Waals surface area contributed by atoms with Crippen LogP contribution >= 0.6 is 11.3 Å². The summed E-state index contributed by atoms with van der Waals surface area (Å²) in [6, 6.07) is 9.79. The summed E-state index contributed by atoms with van der Waals surface area (Å²) in [5.41, 5.74) is 4.83. The number of hydrogen-bond acceptors (Lipinski definition) is 6. The predicted molar refractivity (Wildman–Crippen MR) is 112 cm³/mol. The number of aromatic nitrogens is 4. The third-order valence-electron chi connectivity index (χ3n) is 5.47. The topological polar surface area (TPSA) is 66.6 Å². The first kappa shape index (κ1) is 18.0. The van der Waals surface area contributed by atoms with Gasteiger partial charge in [-0.05, 0) is 47.6 Å². The van der Waals surface area contributed by atoms with Crippen LogP contribution in [-0.4, -0.2) is 62.2 Å². The molecule has 5 heterocycles. The maximum atomic E-state index is 12.9. The molecule has 0 bridgehead atoms. The lowest BCUT2D eigenvalue weighted by molar-refractivity contribution is 0.0542. The van der Waals surface area contributed by atoms with Crippen LogP contribution < -0.4 is 0 Å². The number of piperazine rings is 1. The van der Waals surface area contributed by atoms with E-state index < -0.39 is 0 Å². The summed E-state index contributed by atoms with van der Waals surface area (Å²) in [4.78, 5) is 21.0. The Morgan fingerprint density at radius 1 is 1.10 bits per heavy atom. The molecule has 0 aliphatic carbocycles. The molecule has 1 aliphatic heterocycles. The van der Waals surface area contributed by atoms with Gasteiger partial charge >= 0.3 is 0 Å². The maximum absolute atomic E-state index is 12.9. The summed E-state index contributed by atoms with van der Waals surface area (Å²) < 4.78 is 1.83. The molecule has 0 spiro atoms. The number of amides is 1. The molecule has 0 N–H and O–H groups in total. The normalized spacial score (nSPS) is 17.7. The average Bonchev–Trinajstić information content (AvgIpc) is 3.44. The van der Waals surface area contributed by atoms with Crippen LogP contribution in [-0.2, 0) is 0 Å². The third kappa shape index (κ3) is 3.30. The largest absolute Gasteiger partial charge is 0.335 e. The number of carbonyl (C=O) groups excluding carboxylic acids is 1. The molecule has 0 saturated carbocycles. The highest BCUT2D eigenvalue weighted by atomic mass is 32.1. The van der Waals surface area contributed by atoms with E-state index in [2.05, 4.69) is 56.2 Å². The summed E-state index contributed by atoms with van der Waals surface area (Å²) in [5.74, 6) is 0.0294. The van der Waals surface area contributed by atoms with Crippen molar-refractivity contribution >= 4 is 22.8 Å². The van der Waals surface area contributed by atoms with Crippen molar-refractivity contribution in [1.29, 1.82) is 0 Å². The van der Waals surface area contributed by atoms with E-state index in [0.717, 1.165) is 23.3 Å². The molecule has 5 rings (SSSR count). The number of carbonyl (C=O) groups is 1. The zero-order valence-corrected chi connectivity index (χ0v) is 16.8. The molecular weight excluding hydrogens is 384 g/mol. The highest BCUT2D eigenvalue weighted by Gasteiger charge is 2.31. The number of pyridine rings is 2. The standard InChI is InChI=1S/C21H20N6OS/c1-25-9-10-26(21(28)15-4-7-22-8-5-15)13-19(25)20-18-3-2-16(12-27(18)24-23-20)17-6-11-29-14-17/h2-8,11-12,14,19H,9-10,13H2,1H3/t19-/m0/s1. The van der Waals surface area contributed by atoms with E-state index in [1.54, 1.807) is 35.9 Å². The molecule has 7 nitrogen and oxygen atoms in total. The minimum atomic E-state index is -0.000894. The number of rotatable bonds is 3. The molecule has 4 aromatic heterocycles. The van der Waals surface area contributed by atoms with Gasteiger partial charge in [0.1, 0.15) is 5.69 Å². The van der Waals surface area contributed by atoms with Gasteiger partial charge in [0.15, 0.2) is 0 Å². The van der Waals surface area contributed by atoms with Crippen molar-refractivity contribution in [2.24, 2.45) is 0 Å². The molecule has 1 atom stereocenters. The Balaban J connectivity index is 1.44. The second kappa shape index (κ2) is 7.38. The second-order valence-electron chi connectivity index (χ2n) is 7.22. The van der Waals surface area contributed by atoms with Gasteiger partial charge in [-0.2, -0.15) is 11.3 Å². The summed E-state index contributed by atoms with van der Waals surface area (Å²) in [5, 5.41) is 13.0. The van der Waals surface area contributed by atoms with Crippen molar-refractivity contribution in [3.8, 4) is 11.1 Å². The van der Waals surface area contributed by atoms with E-state index in [1.807, 2.05) is 15.6 Å². The lowest BCUT2D eigenvalue weighted by Gasteiger charge is -2.38. The van der Waals surface area contributed by atoms with E-state index in [1.165, 1.54) is 5.56 Å².